The van der Waals surface area contributed by atoms with Crippen LogP contribution in [0.15, 0.2) is 29.4 Å². The molecule has 2 aromatic heterocycles. The van der Waals surface area contributed by atoms with Gasteiger partial charge < -0.3 is 15.4 Å². The highest BCUT2D eigenvalue weighted by Crippen LogP contribution is 2.20. The summed E-state index contributed by atoms with van der Waals surface area (Å²) in [4.78, 5) is 9.21. The molecular formula is C21H35IN6O. The lowest BCUT2D eigenvalue weighted by molar-refractivity contribution is 0.0205. The molecule has 2 aromatic rings. The van der Waals surface area contributed by atoms with Gasteiger partial charge in [-0.3, -0.25) is 0 Å². The van der Waals surface area contributed by atoms with Gasteiger partial charge in [0.2, 0.25) is 0 Å². The quantitative estimate of drug-likeness (QED) is 0.336. The van der Waals surface area contributed by atoms with E-state index in [9.17, 15) is 0 Å². The molecule has 8 heteroatoms. The van der Waals surface area contributed by atoms with Crippen LogP contribution < -0.4 is 10.6 Å². The number of nitrogens with one attached hydrogen (secondary N) is 2. The van der Waals surface area contributed by atoms with Crippen molar-refractivity contribution in [1.29, 1.82) is 0 Å². The van der Waals surface area contributed by atoms with Gasteiger partial charge >= 0.3 is 0 Å². The van der Waals surface area contributed by atoms with Crippen LogP contribution in [0.4, 0.5) is 0 Å². The van der Waals surface area contributed by atoms with Crippen molar-refractivity contribution in [3.63, 3.8) is 0 Å². The standard InChI is InChI=1S/C21H34N6O.HI/c1-8-22-20(25-14-18(28-7)21(4,5)6)24-13-17-9-10-19(23-12-17)27-16(3)11-15(2)26-27;/h9-12,18H,8,13-14H2,1-7H3,(H2,22,24,25);1H. The third kappa shape index (κ3) is 7.58. The van der Waals surface area contributed by atoms with E-state index in [-0.39, 0.29) is 35.5 Å². The van der Waals surface area contributed by atoms with Gasteiger partial charge in [-0.2, -0.15) is 5.10 Å². The van der Waals surface area contributed by atoms with Gasteiger partial charge in [0.1, 0.15) is 0 Å². The van der Waals surface area contributed by atoms with Crippen LogP contribution in [-0.4, -0.2) is 47.0 Å². The number of aliphatic imine (C=N–C) groups is 1. The fraction of sp³-hybridized carbons (Fsp3) is 0.571. The highest BCUT2D eigenvalue weighted by molar-refractivity contribution is 14.0. The molecule has 0 aliphatic heterocycles. The van der Waals surface area contributed by atoms with E-state index in [1.54, 1.807) is 7.11 Å². The molecule has 7 nitrogen and oxygen atoms in total. The average Bonchev–Trinajstić information content (AvgIpc) is 2.97. The molecule has 0 aliphatic rings. The van der Waals surface area contributed by atoms with Gasteiger partial charge in [0.05, 0.1) is 18.3 Å². The Labute approximate surface area is 191 Å². The van der Waals surface area contributed by atoms with Gasteiger partial charge in [-0.15, -0.1) is 24.0 Å². The normalized spacial score (nSPS) is 13.0. The largest absolute Gasteiger partial charge is 0.379 e. The van der Waals surface area contributed by atoms with Gasteiger partial charge in [-0.1, -0.05) is 26.8 Å². The maximum atomic E-state index is 5.61. The molecule has 0 fully saturated rings. The van der Waals surface area contributed by atoms with Crippen molar-refractivity contribution in [2.24, 2.45) is 10.4 Å². The minimum absolute atomic E-state index is 0. The van der Waals surface area contributed by atoms with E-state index in [4.69, 9.17) is 4.74 Å². The number of guanidine groups is 1. The Morgan fingerprint density at radius 2 is 1.97 bits per heavy atom. The zero-order valence-electron chi connectivity index (χ0n) is 18.6. The predicted molar refractivity (Wildman–Crippen MR) is 129 cm³/mol. The molecule has 0 bridgehead atoms. The number of ether oxygens (including phenoxy) is 1. The average molecular weight is 514 g/mol. The smallest absolute Gasteiger partial charge is 0.191 e. The number of hydrogen-bond acceptors (Lipinski definition) is 4. The van der Waals surface area contributed by atoms with Crippen molar-refractivity contribution in [2.75, 3.05) is 20.2 Å². The molecule has 0 aliphatic carbocycles. The fourth-order valence-corrected chi connectivity index (χ4v) is 2.94. The summed E-state index contributed by atoms with van der Waals surface area (Å²) in [7, 11) is 1.75. The SMILES string of the molecule is CCNC(=NCc1ccc(-n2nc(C)cc2C)nc1)NCC(OC)C(C)(C)C.I. The molecule has 1 unspecified atom stereocenters. The summed E-state index contributed by atoms with van der Waals surface area (Å²) in [6, 6.07) is 6.06. The van der Waals surface area contributed by atoms with Crippen molar-refractivity contribution in [2.45, 2.75) is 54.2 Å². The second-order valence-corrected chi connectivity index (χ2v) is 8.03. The van der Waals surface area contributed by atoms with Gasteiger partial charge in [0.15, 0.2) is 11.8 Å². The summed E-state index contributed by atoms with van der Waals surface area (Å²) < 4.78 is 7.46. The Kier molecular flexibility index (Phi) is 10.0. The second kappa shape index (κ2) is 11.5. The first-order valence-electron chi connectivity index (χ1n) is 9.78. The van der Waals surface area contributed by atoms with Crippen LogP contribution in [0.5, 0.6) is 0 Å². The van der Waals surface area contributed by atoms with E-state index in [0.29, 0.717) is 13.1 Å². The summed E-state index contributed by atoms with van der Waals surface area (Å²) in [6.45, 7) is 14.6. The van der Waals surface area contributed by atoms with Crippen LogP contribution in [0.2, 0.25) is 0 Å². The number of halogens is 1. The number of methoxy groups -OCH3 is 1. The molecule has 0 spiro atoms. The second-order valence-electron chi connectivity index (χ2n) is 8.03. The van der Waals surface area contributed by atoms with Crippen molar-refractivity contribution < 1.29 is 4.74 Å². The molecule has 1 atom stereocenters. The van der Waals surface area contributed by atoms with E-state index in [1.807, 2.05) is 42.9 Å². The number of hydrogen-bond donors (Lipinski definition) is 2. The summed E-state index contributed by atoms with van der Waals surface area (Å²) in [5.74, 6) is 1.59. The monoisotopic (exact) mass is 514 g/mol. The number of nitrogens with zero attached hydrogens (tertiary/aromatic N) is 4. The predicted octanol–water partition coefficient (Wildman–Crippen LogP) is 3.62. The molecule has 162 valence electrons. The molecule has 2 rings (SSSR count). The van der Waals surface area contributed by atoms with Crippen LogP contribution in [0.3, 0.4) is 0 Å². The van der Waals surface area contributed by atoms with Crippen LogP contribution in [0.1, 0.15) is 44.6 Å². The lowest BCUT2D eigenvalue weighted by Crippen LogP contribution is -2.45. The van der Waals surface area contributed by atoms with Crippen molar-refractivity contribution in [3.05, 3.63) is 41.3 Å². The molecule has 0 amide bonds. The zero-order valence-corrected chi connectivity index (χ0v) is 20.9. The van der Waals surface area contributed by atoms with E-state index in [2.05, 4.69) is 53.4 Å². The van der Waals surface area contributed by atoms with Gasteiger partial charge in [-0.05, 0) is 43.9 Å². The van der Waals surface area contributed by atoms with E-state index >= 15 is 0 Å². The number of aryl methyl sites for hydroxylation is 2. The van der Waals surface area contributed by atoms with Crippen molar-refractivity contribution in [3.8, 4) is 5.82 Å². The number of aromatic nitrogens is 3. The van der Waals surface area contributed by atoms with Gasteiger partial charge in [0, 0.05) is 32.1 Å². The van der Waals surface area contributed by atoms with Crippen LogP contribution in [0, 0.1) is 19.3 Å². The summed E-state index contributed by atoms with van der Waals surface area (Å²) in [5, 5.41) is 11.1. The molecule has 0 aromatic carbocycles. The fourth-order valence-electron chi connectivity index (χ4n) is 2.94. The molecule has 0 radical (unpaired) electrons. The summed E-state index contributed by atoms with van der Waals surface area (Å²) in [5.41, 5.74) is 3.16. The minimum Gasteiger partial charge on any atom is -0.379 e. The Morgan fingerprint density at radius 1 is 1.24 bits per heavy atom. The first kappa shape index (κ1) is 25.4. The highest BCUT2D eigenvalue weighted by Gasteiger charge is 2.24. The van der Waals surface area contributed by atoms with Crippen LogP contribution >= 0.6 is 24.0 Å². The van der Waals surface area contributed by atoms with Gasteiger partial charge in [-0.25, -0.2) is 14.7 Å². The molecule has 2 N–H and O–H groups in total. The Balaban J connectivity index is 0.00000420. The summed E-state index contributed by atoms with van der Waals surface area (Å²) in [6.07, 6.45) is 1.95. The van der Waals surface area contributed by atoms with E-state index in [0.717, 1.165) is 35.3 Å². The first-order valence-corrected chi connectivity index (χ1v) is 9.78. The van der Waals surface area contributed by atoms with Crippen molar-refractivity contribution in [1.82, 2.24) is 25.4 Å². The lowest BCUT2D eigenvalue weighted by Gasteiger charge is -2.30. The molecule has 0 saturated carbocycles. The molecule has 2 heterocycles. The maximum absolute atomic E-state index is 5.61. The Hall–Kier alpha value is -1.68. The molecular weight excluding hydrogens is 479 g/mol. The third-order valence-corrected chi connectivity index (χ3v) is 4.51. The zero-order chi connectivity index (χ0) is 20.7. The third-order valence-electron chi connectivity index (χ3n) is 4.51. The van der Waals surface area contributed by atoms with E-state index in [1.165, 1.54) is 0 Å². The lowest BCUT2D eigenvalue weighted by atomic mass is 9.89. The van der Waals surface area contributed by atoms with Crippen molar-refractivity contribution >= 4 is 29.9 Å². The van der Waals surface area contributed by atoms with Gasteiger partial charge in [0.25, 0.3) is 0 Å². The molecule has 0 saturated heterocycles. The maximum Gasteiger partial charge on any atom is 0.191 e. The van der Waals surface area contributed by atoms with Crippen LogP contribution in [0.25, 0.3) is 5.82 Å². The minimum atomic E-state index is 0. The van der Waals surface area contributed by atoms with E-state index < -0.39 is 0 Å². The number of pyridine rings is 1. The molecule has 29 heavy (non-hydrogen) atoms. The highest BCUT2D eigenvalue weighted by atomic mass is 127. The first-order chi connectivity index (χ1) is 13.2. The number of rotatable bonds is 7. The summed E-state index contributed by atoms with van der Waals surface area (Å²) >= 11 is 0. The topological polar surface area (TPSA) is 76.4 Å². The van der Waals surface area contributed by atoms with Crippen LogP contribution in [-0.2, 0) is 11.3 Å². The Morgan fingerprint density at radius 3 is 2.45 bits per heavy atom. The Bertz CT molecular complexity index is 779.